The lowest BCUT2D eigenvalue weighted by Gasteiger charge is -1.99. The van der Waals surface area contributed by atoms with Crippen LogP contribution in [-0.4, -0.2) is 4.98 Å². The molecule has 0 saturated heterocycles. The summed E-state index contributed by atoms with van der Waals surface area (Å²) in [5.41, 5.74) is 1.35. The van der Waals surface area contributed by atoms with Crippen LogP contribution in [0.2, 0.25) is 5.02 Å². The van der Waals surface area contributed by atoms with Crippen LogP contribution in [0, 0.1) is 25.2 Å². The van der Waals surface area contributed by atoms with E-state index >= 15 is 0 Å². The van der Waals surface area contributed by atoms with Crippen LogP contribution in [0.1, 0.15) is 17.0 Å². The third-order valence-corrected chi connectivity index (χ3v) is 3.43. The van der Waals surface area contributed by atoms with Crippen LogP contribution >= 0.6 is 23.4 Å². The van der Waals surface area contributed by atoms with Gasteiger partial charge < -0.3 is 4.42 Å². The molecule has 0 spiro atoms. The molecular formula is C12H9ClN2OS. The number of hydrogen-bond donors (Lipinski definition) is 0. The lowest BCUT2D eigenvalue weighted by Crippen LogP contribution is -1.79. The first kappa shape index (κ1) is 12.0. The average Bonchev–Trinajstić information content (AvgIpc) is 2.58. The van der Waals surface area contributed by atoms with E-state index in [4.69, 9.17) is 21.3 Å². The zero-order chi connectivity index (χ0) is 12.4. The Morgan fingerprint density at radius 1 is 1.41 bits per heavy atom. The van der Waals surface area contributed by atoms with Crippen molar-refractivity contribution in [2.24, 2.45) is 0 Å². The van der Waals surface area contributed by atoms with E-state index in [1.54, 1.807) is 12.1 Å². The monoisotopic (exact) mass is 264 g/mol. The molecule has 0 saturated carbocycles. The zero-order valence-corrected chi connectivity index (χ0v) is 10.9. The van der Waals surface area contributed by atoms with Gasteiger partial charge in [0.2, 0.25) is 0 Å². The van der Waals surface area contributed by atoms with Crippen LogP contribution < -0.4 is 0 Å². The van der Waals surface area contributed by atoms with Gasteiger partial charge in [0.1, 0.15) is 11.8 Å². The summed E-state index contributed by atoms with van der Waals surface area (Å²) in [5, 5.41) is 9.79. The maximum atomic E-state index is 8.77. The van der Waals surface area contributed by atoms with E-state index in [2.05, 4.69) is 4.98 Å². The van der Waals surface area contributed by atoms with Gasteiger partial charge in [-0.1, -0.05) is 11.6 Å². The molecule has 5 heteroatoms. The Labute approximate surface area is 108 Å². The SMILES string of the molecule is Cc1nc(Sc2ccc(C#N)c(Cl)c2)oc1C. The molecule has 2 aromatic rings. The van der Waals surface area contributed by atoms with Crippen LogP contribution in [0.15, 0.2) is 32.7 Å². The fourth-order valence-electron chi connectivity index (χ4n) is 1.24. The van der Waals surface area contributed by atoms with Crippen LogP contribution in [0.5, 0.6) is 0 Å². The molecule has 2 rings (SSSR count). The van der Waals surface area contributed by atoms with Crippen LogP contribution in [-0.2, 0) is 0 Å². The fraction of sp³-hybridized carbons (Fsp3) is 0.167. The summed E-state index contributed by atoms with van der Waals surface area (Å²) in [6, 6.07) is 7.27. The minimum Gasteiger partial charge on any atom is -0.436 e. The highest BCUT2D eigenvalue weighted by molar-refractivity contribution is 7.99. The smallest absolute Gasteiger partial charge is 0.260 e. The van der Waals surface area contributed by atoms with E-state index in [0.717, 1.165) is 16.3 Å². The van der Waals surface area contributed by atoms with Gasteiger partial charge in [-0.2, -0.15) is 5.26 Å². The van der Waals surface area contributed by atoms with Crippen molar-refractivity contribution >= 4 is 23.4 Å². The summed E-state index contributed by atoms with van der Waals surface area (Å²) in [7, 11) is 0. The first-order valence-corrected chi connectivity index (χ1v) is 6.11. The fourth-order valence-corrected chi connectivity index (χ4v) is 2.39. The highest BCUT2D eigenvalue weighted by atomic mass is 35.5. The Morgan fingerprint density at radius 3 is 2.71 bits per heavy atom. The van der Waals surface area contributed by atoms with Gasteiger partial charge in [-0.05, 0) is 43.8 Å². The lowest BCUT2D eigenvalue weighted by molar-refractivity contribution is 0.431. The van der Waals surface area contributed by atoms with Crippen molar-refractivity contribution in [2.75, 3.05) is 0 Å². The minimum atomic E-state index is 0.442. The van der Waals surface area contributed by atoms with Crippen molar-refractivity contribution < 1.29 is 4.42 Å². The third kappa shape index (κ3) is 2.63. The van der Waals surface area contributed by atoms with Gasteiger partial charge in [0.25, 0.3) is 5.22 Å². The van der Waals surface area contributed by atoms with Gasteiger partial charge in [-0.15, -0.1) is 0 Å². The summed E-state index contributed by atoms with van der Waals surface area (Å²) in [6.45, 7) is 3.77. The van der Waals surface area contributed by atoms with Crippen molar-refractivity contribution in [2.45, 2.75) is 24.0 Å². The van der Waals surface area contributed by atoms with E-state index < -0.39 is 0 Å². The molecule has 0 amide bonds. The molecule has 0 unspecified atom stereocenters. The van der Waals surface area contributed by atoms with Gasteiger partial charge in [-0.3, -0.25) is 0 Å². The van der Waals surface area contributed by atoms with Crippen molar-refractivity contribution in [3.63, 3.8) is 0 Å². The molecule has 3 nitrogen and oxygen atoms in total. The number of hydrogen-bond acceptors (Lipinski definition) is 4. The maximum Gasteiger partial charge on any atom is 0.260 e. The Bertz CT molecular complexity index is 582. The molecule has 17 heavy (non-hydrogen) atoms. The molecule has 1 aromatic carbocycles. The second kappa shape index (κ2) is 4.82. The Kier molecular flexibility index (Phi) is 3.41. The normalized spacial score (nSPS) is 10.2. The van der Waals surface area contributed by atoms with Crippen LogP contribution in [0.4, 0.5) is 0 Å². The molecule has 1 heterocycles. The van der Waals surface area contributed by atoms with E-state index in [1.807, 2.05) is 26.0 Å². The van der Waals surface area contributed by atoms with Gasteiger partial charge in [0.05, 0.1) is 16.3 Å². The number of rotatable bonds is 2. The highest BCUT2D eigenvalue weighted by Gasteiger charge is 2.08. The van der Waals surface area contributed by atoms with Crippen molar-refractivity contribution in [1.29, 1.82) is 5.26 Å². The Hall–Kier alpha value is -1.44. The number of aryl methyl sites for hydroxylation is 2. The number of benzene rings is 1. The van der Waals surface area contributed by atoms with E-state index in [9.17, 15) is 0 Å². The van der Waals surface area contributed by atoms with Crippen LogP contribution in [0.25, 0.3) is 0 Å². The topological polar surface area (TPSA) is 49.8 Å². The van der Waals surface area contributed by atoms with E-state index in [1.165, 1.54) is 11.8 Å². The molecule has 0 aliphatic rings. The lowest BCUT2D eigenvalue weighted by atomic mass is 10.2. The van der Waals surface area contributed by atoms with Crippen molar-refractivity contribution in [1.82, 2.24) is 4.98 Å². The maximum absolute atomic E-state index is 8.77. The number of aromatic nitrogens is 1. The zero-order valence-electron chi connectivity index (χ0n) is 9.32. The molecule has 0 bridgehead atoms. The molecule has 0 aliphatic carbocycles. The largest absolute Gasteiger partial charge is 0.436 e. The molecule has 0 fully saturated rings. The van der Waals surface area contributed by atoms with Gasteiger partial charge >= 0.3 is 0 Å². The van der Waals surface area contributed by atoms with Gasteiger partial charge in [0.15, 0.2) is 0 Å². The predicted octanol–water partition coefficient (Wildman–Crippen LogP) is 3.97. The summed E-state index contributed by atoms with van der Waals surface area (Å²) >= 11 is 7.33. The van der Waals surface area contributed by atoms with Crippen molar-refractivity contribution in [3.8, 4) is 6.07 Å². The van der Waals surface area contributed by atoms with Crippen LogP contribution in [0.3, 0.4) is 0 Å². The molecule has 0 N–H and O–H groups in total. The molecule has 0 radical (unpaired) electrons. The standard InChI is InChI=1S/C12H9ClN2OS/c1-7-8(2)16-12(15-7)17-10-4-3-9(6-14)11(13)5-10/h3-5H,1-2H3. The summed E-state index contributed by atoms with van der Waals surface area (Å²) in [5.74, 6) is 0.812. The molecular weight excluding hydrogens is 256 g/mol. The Morgan fingerprint density at radius 2 is 2.18 bits per heavy atom. The first-order valence-electron chi connectivity index (χ1n) is 4.91. The summed E-state index contributed by atoms with van der Waals surface area (Å²) in [4.78, 5) is 5.16. The third-order valence-electron chi connectivity index (χ3n) is 2.28. The predicted molar refractivity (Wildman–Crippen MR) is 66.3 cm³/mol. The van der Waals surface area contributed by atoms with Gasteiger partial charge in [0, 0.05) is 4.90 Å². The molecule has 0 aliphatic heterocycles. The number of nitriles is 1. The second-order valence-electron chi connectivity index (χ2n) is 3.48. The molecule has 1 aromatic heterocycles. The number of halogens is 1. The average molecular weight is 265 g/mol. The minimum absolute atomic E-state index is 0.442. The highest BCUT2D eigenvalue weighted by Crippen LogP contribution is 2.31. The molecule has 86 valence electrons. The van der Waals surface area contributed by atoms with E-state index in [-0.39, 0.29) is 0 Å². The first-order chi connectivity index (χ1) is 8.10. The van der Waals surface area contributed by atoms with Crippen molar-refractivity contribution in [3.05, 3.63) is 40.2 Å². The summed E-state index contributed by atoms with van der Waals surface area (Å²) in [6.07, 6.45) is 0. The molecule has 0 atom stereocenters. The quantitative estimate of drug-likeness (QED) is 0.824. The summed E-state index contributed by atoms with van der Waals surface area (Å²) < 4.78 is 5.46. The number of oxazole rings is 1. The number of nitrogens with zero attached hydrogens (tertiary/aromatic N) is 2. The Balaban J connectivity index is 2.25. The van der Waals surface area contributed by atoms with Gasteiger partial charge in [-0.25, -0.2) is 4.98 Å². The second-order valence-corrected chi connectivity index (χ2v) is 4.91. The van der Waals surface area contributed by atoms with E-state index in [0.29, 0.717) is 15.8 Å².